The van der Waals surface area contributed by atoms with Crippen LogP contribution in [0.2, 0.25) is 0 Å². The van der Waals surface area contributed by atoms with E-state index in [1.165, 1.54) is 10.6 Å². The topological polar surface area (TPSA) is 56.0 Å². The Labute approximate surface area is 156 Å². The quantitative estimate of drug-likeness (QED) is 0.754. The van der Waals surface area contributed by atoms with Gasteiger partial charge in [-0.1, -0.05) is 31.0 Å². The minimum Gasteiger partial charge on any atom is -0.352 e. The van der Waals surface area contributed by atoms with Crippen LogP contribution in [0.3, 0.4) is 0 Å². The summed E-state index contributed by atoms with van der Waals surface area (Å²) in [5.74, 6) is -0.442. The van der Waals surface area contributed by atoms with Gasteiger partial charge in [0.2, 0.25) is 5.91 Å². The first-order valence-electron chi connectivity index (χ1n) is 9.33. The van der Waals surface area contributed by atoms with Crippen molar-refractivity contribution in [2.75, 3.05) is 0 Å². The second-order valence-electron chi connectivity index (χ2n) is 7.14. The van der Waals surface area contributed by atoms with E-state index in [2.05, 4.69) is 5.32 Å². The summed E-state index contributed by atoms with van der Waals surface area (Å²) in [7, 11) is 0. The number of pyridine rings is 1. The molecule has 2 heterocycles. The van der Waals surface area contributed by atoms with Crippen molar-refractivity contribution in [2.24, 2.45) is 0 Å². The Hall–Kier alpha value is -2.89. The van der Waals surface area contributed by atoms with Gasteiger partial charge in [-0.2, -0.15) is 0 Å². The molecule has 27 heavy (non-hydrogen) atoms. The molecule has 0 atom stereocenters. The number of nitrogens with zero attached hydrogens (tertiary/aromatic N) is 2. The van der Waals surface area contributed by atoms with Crippen LogP contribution in [0, 0.1) is 5.82 Å². The number of rotatable bonds is 5. The van der Waals surface area contributed by atoms with Crippen molar-refractivity contribution < 1.29 is 9.18 Å². The van der Waals surface area contributed by atoms with Gasteiger partial charge in [-0.25, -0.2) is 4.39 Å². The molecule has 1 fully saturated rings. The molecular formula is C21H22FN3O2. The lowest BCUT2D eigenvalue weighted by molar-refractivity contribution is -0.122. The number of fused-ring (bicyclic) bond motifs is 1. The second-order valence-corrected chi connectivity index (χ2v) is 7.14. The third-order valence-corrected chi connectivity index (χ3v) is 5.22. The van der Waals surface area contributed by atoms with Crippen LogP contribution in [0.1, 0.15) is 31.2 Å². The van der Waals surface area contributed by atoms with E-state index < -0.39 is 0 Å². The van der Waals surface area contributed by atoms with E-state index in [0.717, 1.165) is 31.1 Å². The maximum atomic E-state index is 14.0. The highest BCUT2D eigenvalue weighted by atomic mass is 19.1. The van der Waals surface area contributed by atoms with Crippen molar-refractivity contribution in [3.05, 3.63) is 70.5 Å². The molecule has 0 unspecified atom stereocenters. The van der Waals surface area contributed by atoms with Crippen LogP contribution in [-0.2, 0) is 17.9 Å². The van der Waals surface area contributed by atoms with Gasteiger partial charge in [0, 0.05) is 29.4 Å². The van der Waals surface area contributed by atoms with Crippen molar-refractivity contribution in [2.45, 2.75) is 44.8 Å². The molecule has 5 nitrogen and oxygen atoms in total. The van der Waals surface area contributed by atoms with E-state index in [9.17, 15) is 14.0 Å². The van der Waals surface area contributed by atoms with Gasteiger partial charge in [0.1, 0.15) is 17.9 Å². The number of aromatic nitrogens is 2. The molecule has 0 spiro atoms. The molecule has 2 aromatic heterocycles. The number of amides is 1. The zero-order chi connectivity index (χ0) is 18.8. The number of hydrogen-bond acceptors (Lipinski definition) is 2. The van der Waals surface area contributed by atoms with Crippen LogP contribution in [-0.4, -0.2) is 21.1 Å². The van der Waals surface area contributed by atoms with Crippen molar-refractivity contribution >= 4 is 16.8 Å². The molecule has 6 heteroatoms. The van der Waals surface area contributed by atoms with E-state index in [-0.39, 0.29) is 36.4 Å². The van der Waals surface area contributed by atoms with Gasteiger partial charge in [-0.05, 0) is 31.0 Å². The summed E-state index contributed by atoms with van der Waals surface area (Å²) in [5, 5.41) is 3.78. The molecule has 140 valence electrons. The molecular weight excluding hydrogens is 345 g/mol. The Morgan fingerprint density at radius 1 is 1.07 bits per heavy atom. The van der Waals surface area contributed by atoms with Crippen LogP contribution in [0.25, 0.3) is 10.9 Å². The largest absolute Gasteiger partial charge is 0.352 e. The van der Waals surface area contributed by atoms with E-state index in [1.807, 2.05) is 12.1 Å². The maximum Gasteiger partial charge on any atom is 0.275 e. The summed E-state index contributed by atoms with van der Waals surface area (Å²) in [6, 6.07) is 10.4. The molecule has 0 bridgehead atoms. The Morgan fingerprint density at radius 2 is 1.78 bits per heavy atom. The minimum absolute atomic E-state index is 0.00382. The number of carbonyl (C=O) groups is 1. The lowest BCUT2D eigenvalue weighted by atomic mass is 10.2. The SMILES string of the molecule is O=C(Cn1ccc2ccn(Cc3ccccc3F)c2c1=O)NC1CCCC1. The van der Waals surface area contributed by atoms with Gasteiger partial charge in [0.05, 0.1) is 6.54 Å². The summed E-state index contributed by atoms with van der Waals surface area (Å²) in [6.07, 6.45) is 7.71. The van der Waals surface area contributed by atoms with E-state index in [0.29, 0.717) is 11.1 Å². The number of nitrogens with one attached hydrogen (secondary N) is 1. The average molecular weight is 367 g/mol. The molecule has 0 aliphatic heterocycles. The molecule has 4 rings (SSSR count). The predicted molar refractivity (Wildman–Crippen MR) is 102 cm³/mol. The van der Waals surface area contributed by atoms with Gasteiger partial charge < -0.3 is 14.5 Å². The van der Waals surface area contributed by atoms with E-state index in [1.54, 1.807) is 35.2 Å². The van der Waals surface area contributed by atoms with Gasteiger partial charge in [-0.3, -0.25) is 9.59 Å². The van der Waals surface area contributed by atoms with E-state index in [4.69, 9.17) is 0 Å². The number of hydrogen-bond donors (Lipinski definition) is 1. The van der Waals surface area contributed by atoms with Crippen LogP contribution < -0.4 is 10.9 Å². The fourth-order valence-corrected chi connectivity index (χ4v) is 3.81. The van der Waals surface area contributed by atoms with Crippen molar-refractivity contribution in [1.29, 1.82) is 0 Å². The van der Waals surface area contributed by atoms with Gasteiger partial charge in [0.15, 0.2) is 0 Å². The van der Waals surface area contributed by atoms with Crippen LogP contribution in [0.15, 0.2) is 53.6 Å². The van der Waals surface area contributed by atoms with Gasteiger partial charge in [0.25, 0.3) is 5.56 Å². The fourth-order valence-electron chi connectivity index (χ4n) is 3.81. The summed E-state index contributed by atoms with van der Waals surface area (Å²) < 4.78 is 17.1. The van der Waals surface area contributed by atoms with Crippen molar-refractivity contribution in [1.82, 2.24) is 14.5 Å². The number of benzene rings is 1. The summed E-state index contributed by atoms with van der Waals surface area (Å²) in [5.41, 5.74) is 0.758. The normalized spacial score (nSPS) is 14.7. The first-order valence-corrected chi connectivity index (χ1v) is 9.33. The molecule has 0 radical (unpaired) electrons. The second kappa shape index (κ2) is 7.39. The molecule has 0 saturated heterocycles. The average Bonchev–Trinajstić information content (AvgIpc) is 3.30. The smallest absolute Gasteiger partial charge is 0.275 e. The zero-order valence-electron chi connectivity index (χ0n) is 15.0. The summed E-state index contributed by atoms with van der Waals surface area (Å²) >= 11 is 0. The Morgan fingerprint density at radius 3 is 2.52 bits per heavy atom. The monoisotopic (exact) mass is 367 g/mol. The van der Waals surface area contributed by atoms with Gasteiger partial charge in [-0.15, -0.1) is 0 Å². The first-order chi connectivity index (χ1) is 13.1. The fraction of sp³-hybridized carbons (Fsp3) is 0.333. The lowest BCUT2D eigenvalue weighted by Crippen LogP contribution is -2.37. The third kappa shape index (κ3) is 3.65. The molecule has 1 saturated carbocycles. The Bertz CT molecular complexity index is 1030. The Kier molecular flexibility index (Phi) is 4.79. The summed E-state index contributed by atoms with van der Waals surface area (Å²) in [6.45, 7) is 0.264. The molecule has 3 aromatic rings. The van der Waals surface area contributed by atoms with Crippen LogP contribution >= 0.6 is 0 Å². The van der Waals surface area contributed by atoms with Crippen LogP contribution in [0.4, 0.5) is 4.39 Å². The zero-order valence-corrected chi connectivity index (χ0v) is 15.0. The first kappa shape index (κ1) is 17.5. The van der Waals surface area contributed by atoms with Gasteiger partial charge >= 0.3 is 0 Å². The molecule has 1 aliphatic rings. The predicted octanol–water partition coefficient (Wildman–Crippen LogP) is 3.05. The third-order valence-electron chi connectivity index (χ3n) is 5.22. The molecule has 1 amide bonds. The highest BCUT2D eigenvalue weighted by molar-refractivity contribution is 5.80. The minimum atomic E-state index is -0.299. The van der Waals surface area contributed by atoms with Crippen molar-refractivity contribution in [3.8, 4) is 0 Å². The number of halogens is 1. The highest BCUT2D eigenvalue weighted by Crippen LogP contribution is 2.18. The standard InChI is InChI=1S/C21H22FN3O2/c22-18-8-4-1-5-16(18)13-24-11-9-15-10-12-25(21(27)20(15)24)14-19(26)23-17-6-2-3-7-17/h1,4-5,8-12,17H,2-3,6-7,13-14H2,(H,23,26). The Balaban J connectivity index is 1.60. The molecule has 1 N–H and O–H groups in total. The lowest BCUT2D eigenvalue weighted by Gasteiger charge is -2.13. The maximum absolute atomic E-state index is 14.0. The van der Waals surface area contributed by atoms with Crippen molar-refractivity contribution in [3.63, 3.8) is 0 Å². The molecule has 1 aliphatic carbocycles. The highest BCUT2D eigenvalue weighted by Gasteiger charge is 2.18. The van der Waals surface area contributed by atoms with E-state index >= 15 is 0 Å². The number of carbonyl (C=O) groups excluding carboxylic acids is 1. The molecule has 1 aromatic carbocycles. The summed E-state index contributed by atoms with van der Waals surface area (Å²) in [4.78, 5) is 25.2. The van der Waals surface area contributed by atoms with Crippen LogP contribution in [0.5, 0.6) is 0 Å².